The van der Waals surface area contributed by atoms with Crippen molar-refractivity contribution in [3.63, 3.8) is 0 Å². The van der Waals surface area contributed by atoms with Crippen molar-refractivity contribution in [1.82, 2.24) is 24.6 Å². The van der Waals surface area contributed by atoms with E-state index in [4.69, 9.17) is 4.98 Å². The summed E-state index contributed by atoms with van der Waals surface area (Å²) < 4.78 is 15.7. The zero-order valence-electron chi connectivity index (χ0n) is 19.2. The maximum Gasteiger partial charge on any atom is 0.258 e. The number of imidazole rings is 1. The summed E-state index contributed by atoms with van der Waals surface area (Å²) in [7, 11) is 0. The first-order chi connectivity index (χ1) is 17.6. The topological polar surface area (TPSA) is 85.1 Å². The number of pyridine rings is 2. The van der Waals surface area contributed by atoms with E-state index in [9.17, 15) is 9.18 Å². The standard InChI is InChI=1S/C28H19FN6O/c1-17-13-19(8-9-22(17)29)26-27(35-25(34-26)7-4-11-32-35)20-10-12-30-24(15-20)33-28(36)21-14-18-5-2-3-6-23(18)31-16-21/h2-16H,1H3,(H,30,33,36). The van der Waals surface area contributed by atoms with E-state index in [1.54, 1.807) is 54.3 Å². The van der Waals surface area contributed by atoms with Gasteiger partial charge in [-0.1, -0.05) is 18.2 Å². The number of aromatic nitrogens is 5. The lowest BCUT2D eigenvalue weighted by molar-refractivity contribution is 0.102. The predicted molar refractivity (Wildman–Crippen MR) is 136 cm³/mol. The van der Waals surface area contributed by atoms with Crippen LogP contribution in [0, 0.1) is 12.7 Å². The molecule has 0 aliphatic rings. The minimum absolute atomic E-state index is 0.278. The van der Waals surface area contributed by atoms with Crippen LogP contribution in [0.5, 0.6) is 0 Å². The molecule has 0 saturated heterocycles. The van der Waals surface area contributed by atoms with Crippen LogP contribution >= 0.6 is 0 Å². The third kappa shape index (κ3) is 3.84. The molecule has 0 spiro atoms. The first-order valence-electron chi connectivity index (χ1n) is 11.3. The van der Waals surface area contributed by atoms with E-state index in [-0.39, 0.29) is 11.7 Å². The van der Waals surface area contributed by atoms with Gasteiger partial charge in [0.1, 0.15) is 17.3 Å². The maximum atomic E-state index is 14.0. The number of fused-ring (bicyclic) bond motifs is 2. The molecule has 36 heavy (non-hydrogen) atoms. The Morgan fingerprint density at radius 1 is 0.917 bits per heavy atom. The normalized spacial score (nSPS) is 11.2. The number of amides is 1. The van der Waals surface area contributed by atoms with Crippen molar-refractivity contribution in [2.45, 2.75) is 6.92 Å². The molecule has 0 fully saturated rings. The molecule has 1 amide bonds. The number of carbonyl (C=O) groups excluding carboxylic acids is 1. The Morgan fingerprint density at radius 3 is 2.69 bits per heavy atom. The lowest BCUT2D eigenvalue weighted by Crippen LogP contribution is -2.13. The van der Waals surface area contributed by atoms with Crippen LogP contribution in [0.2, 0.25) is 0 Å². The molecule has 2 aromatic carbocycles. The SMILES string of the molecule is Cc1cc(-c2nc3cccnn3c2-c2ccnc(NC(=O)c3cnc4ccccc4c3)c2)ccc1F. The van der Waals surface area contributed by atoms with Crippen molar-refractivity contribution in [2.75, 3.05) is 5.32 Å². The number of halogens is 1. The number of carbonyl (C=O) groups is 1. The van der Waals surface area contributed by atoms with Crippen molar-refractivity contribution in [2.24, 2.45) is 0 Å². The molecule has 0 radical (unpaired) electrons. The van der Waals surface area contributed by atoms with Crippen LogP contribution in [0.4, 0.5) is 10.2 Å². The molecule has 1 N–H and O–H groups in total. The van der Waals surface area contributed by atoms with E-state index >= 15 is 0 Å². The van der Waals surface area contributed by atoms with Gasteiger partial charge in [0.05, 0.1) is 16.8 Å². The molecule has 0 aliphatic heterocycles. The maximum absolute atomic E-state index is 14.0. The second-order valence-electron chi connectivity index (χ2n) is 8.37. The molecular weight excluding hydrogens is 455 g/mol. The third-order valence-corrected chi connectivity index (χ3v) is 5.95. The molecule has 0 saturated carbocycles. The Bertz CT molecular complexity index is 1780. The molecule has 6 rings (SSSR count). The highest BCUT2D eigenvalue weighted by Gasteiger charge is 2.19. The van der Waals surface area contributed by atoms with Crippen molar-refractivity contribution >= 4 is 28.3 Å². The molecule has 0 aliphatic carbocycles. The smallest absolute Gasteiger partial charge is 0.258 e. The van der Waals surface area contributed by atoms with Gasteiger partial charge in [0.2, 0.25) is 0 Å². The lowest BCUT2D eigenvalue weighted by atomic mass is 10.0. The highest BCUT2D eigenvalue weighted by molar-refractivity contribution is 6.05. The number of benzene rings is 2. The highest BCUT2D eigenvalue weighted by Crippen LogP contribution is 2.33. The van der Waals surface area contributed by atoms with Gasteiger partial charge in [-0.25, -0.2) is 18.9 Å². The molecule has 4 aromatic heterocycles. The van der Waals surface area contributed by atoms with Crippen molar-refractivity contribution < 1.29 is 9.18 Å². The van der Waals surface area contributed by atoms with Gasteiger partial charge in [-0.05, 0) is 67.1 Å². The summed E-state index contributed by atoms with van der Waals surface area (Å²) in [4.78, 5) is 26.4. The minimum atomic E-state index is -0.316. The Hall–Kier alpha value is -4.98. The van der Waals surface area contributed by atoms with E-state index in [1.165, 1.54) is 6.07 Å². The molecule has 8 heteroatoms. The van der Waals surface area contributed by atoms with E-state index in [0.29, 0.717) is 34.0 Å². The average molecular weight is 474 g/mol. The molecule has 0 atom stereocenters. The Balaban J connectivity index is 1.40. The van der Waals surface area contributed by atoms with Crippen molar-refractivity contribution in [3.05, 3.63) is 108 Å². The molecular formula is C28H19FN6O. The van der Waals surface area contributed by atoms with Crippen molar-refractivity contribution in [1.29, 1.82) is 0 Å². The summed E-state index contributed by atoms with van der Waals surface area (Å²) in [6.45, 7) is 1.72. The summed E-state index contributed by atoms with van der Waals surface area (Å²) in [5, 5.41) is 8.21. The van der Waals surface area contributed by atoms with Gasteiger partial charge in [-0.2, -0.15) is 5.10 Å². The fraction of sp³-hybridized carbons (Fsp3) is 0.0357. The van der Waals surface area contributed by atoms with Gasteiger partial charge in [-0.15, -0.1) is 0 Å². The zero-order chi connectivity index (χ0) is 24.6. The summed E-state index contributed by atoms with van der Waals surface area (Å²) in [5.74, 6) is -0.222. The zero-order valence-corrected chi connectivity index (χ0v) is 19.2. The van der Waals surface area contributed by atoms with E-state index in [2.05, 4.69) is 20.4 Å². The molecule has 6 aromatic rings. The number of aryl methyl sites for hydroxylation is 1. The van der Waals surface area contributed by atoms with Gasteiger partial charge >= 0.3 is 0 Å². The van der Waals surface area contributed by atoms with Crippen LogP contribution in [0.1, 0.15) is 15.9 Å². The molecule has 0 unspecified atom stereocenters. The van der Waals surface area contributed by atoms with Gasteiger partial charge < -0.3 is 5.32 Å². The fourth-order valence-electron chi connectivity index (χ4n) is 4.17. The fourth-order valence-corrected chi connectivity index (χ4v) is 4.17. The van der Waals surface area contributed by atoms with Crippen LogP contribution in [0.15, 0.2) is 91.4 Å². The highest BCUT2D eigenvalue weighted by atomic mass is 19.1. The first-order valence-corrected chi connectivity index (χ1v) is 11.3. The van der Waals surface area contributed by atoms with Crippen molar-refractivity contribution in [3.8, 4) is 22.5 Å². The van der Waals surface area contributed by atoms with Crippen LogP contribution in [0.25, 0.3) is 39.1 Å². The lowest BCUT2D eigenvalue weighted by Gasteiger charge is -2.09. The molecule has 7 nitrogen and oxygen atoms in total. The van der Waals surface area contributed by atoms with E-state index in [1.807, 2.05) is 42.5 Å². The number of hydrogen-bond acceptors (Lipinski definition) is 5. The Morgan fingerprint density at radius 2 is 1.81 bits per heavy atom. The van der Waals surface area contributed by atoms with Crippen LogP contribution in [-0.4, -0.2) is 30.5 Å². The number of anilines is 1. The number of nitrogens with zero attached hydrogens (tertiary/aromatic N) is 5. The second kappa shape index (κ2) is 8.66. The third-order valence-electron chi connectivity index (χ3n) is 5.95. The molecule has 0 bridgehead atoms. The Labute approximate surface area is 205 Å². The van der Waals surface area contributed by atoms with Gasteiger partial charge in [0.15, 0.2) is 5.65 Å². The number of rotatable bonds is 4. The van der Waals surface area contributed by atoms with Crippen LogP contribution in [0.3, 0.4) is 0 Å². The summed E-state index contributed by atoms with van der Waals surface area (Å²) in [6, 6.07) is 21.6. The largest absolute Gasteiger partial charge is 0.306 e. The average Bonchev–Trinajstić information content (AvgIpc) is 3.30. The van der Waals surface area contributed by atoms with Gasteiger partial charge in [-0.3, -0.25) is 9.78 Å². The quantitative estimate of drug-likeness (QED) is 0.354. The Kier molecular flexibility index (Phi) is 5.19. The monoisotopic (exact) mass is 474 g/mol. The number of para-hydroxylation sites is 1. The van der Waals surface area contributed by atoms with Crippen LogP contribution < -0.4 is 5.32 Å². The summed E-state index contributed by atoms with van der Waals surface area (Å²) >= 11 is 0. The molecule has 4 heterocycles. The van der Waals surface area contributed by atoms with E-state index in [0.717, 1.165) is 22.0 Å². The molecule has 174 valence electrons. The van der Waals surface area contributed by atoms with E-state index < -0.39 is 0 Å². The van der Waals surface area contributed by atoms with Gasteiger partial charge in [0.25, 0.3) is 5.91 Å². The van der Waals surface area contributed by atoms with Crippen LogP contribution in [-0.2, 0) is 0 Å². The second-order valence-corrected chi connectivity index (χ2v) is 8.37. The van der Waals surface area contributed by atoms with Gasteiger partial charge in [0, 0.05) is 35.1 Å². The summed E-state index contributed by atoms with van der Waals surface area (Å²) in [5.41, 5.74) is 5.29. The number of hydrogen-bond donors (Lipinski definition) is 1. The first kappa shape index (κ1) is 21.5. The number of nitrogens with one attached hydrogen (secondary N) is 1. The minimum Gasteiger partial charge on any atom is -0.306 e. The predicted octanol–water partition coefficient (Wildman–Crippen LogP) is 5.71. The summed E-state index contributed by atoms with van der Waals surface area (Å²) in [6.07, 6.45) is 4.84.